The molecule has 2 aromatic carbocycles. The number of aliphatic imine (C=N–C) groups is 2. The average molecular weight is 457 g/mol. The lowest BCUT2D eigenvalue weighted by Gasteiger charge is -2.37. The number of hydrazone groups is 1. The van der Waals surface area contributed by atoms with Gasteiger partial charge >= 0.3 is 0 Å². The maximum Gasteiger partial charge on any atom is 0.246 e. The van der Waals surface area contributed by atoms with Crippen LogP contribution in [-0.2, 0) is 4.79 Å². The van der Waals surface area contributed by atoms with Crippen molar-refractivity contribution < 1.29 is 9.53 Å². The number of nitrogens with two attached hydrogens (primary N) is 1. The van der Waals surface area contributed by atoms with Crippen molar-refractivity contribution in [2.75, 3.05) is 13.1 Å². The third kappa shape index (κ3) is 4.36. The van der Waals surface area contributed by atoms with Crippen molar-refractivity contribution in [3.05, 3.63) is 72.3 Å². The molecule has 0 saturated carbocycles. The van der Waals surface area contributed by atoms with Crippen molar-refractivity contribution in [1.29, 1.82) is 0 Å². The lowest BCUT2D eigenvalue weighted by atomic mass is 9.93. The van der Waals surface area contributed by atoms with Crippen LogP contribution < -0.4 is 10.5 Å². The summed E-state index contributed by atoms with van der Waals surface area (Å²) in [5.41, 5.74) is 8.19. The van der Waals surface area contributed by atoms with Gasteiger partial charge in [0.2, 0.25) is 5.91 Å². The SMILES string of the molecule is C/C=C/C(=O)N1CCCC(N2N=C(c3ccc(Oc4ccccc4)cc3)C3C2=NC=NC3N)C1. The molecule has 3 aliphatic rings. The fraction of sp³-hybridized carbons (Fsp3) is 0.308. The number of hydrogen-bond acceptors (Lipinski definition) is 7. The number of likely N-dealkylation sites (tertiary alicyclic amines) is 1. The highest BCUT2D eigenvalue weighted by Crippen LogP contribution is 2.31. The first-order valence-corrected chi connectivity index (χ1v) is 11.6. The minimum absolute atomic E-state index is 0.0324. The molecule has 8 nitrogen and oxygen atoms in total. The Morgan fingerprint density at radius 3 is 2.65 bits per heavy atom. The number of ether oxygens (including phenoxy) is 1. The van der Waals surface area contributed by atoms with E-state index in [1.807, 2.05) is 71.4 Å². The molecule has 3 unspecified atom stereocenters. The molecular weight excluding hydrogens is 428 g/mol. The van der Waals surface area contributed by atoms with Crippen LogP contribution in [-0.4, -0.2) is 59.0 Å². The molecule has 5 rings (SSSR count). The zero-order valence-corrected chi connectivity index (χ0v) is 19.1. The minimum atomic E-state index is -0.458. The highest BCUT2D eigenvalue weighted by Gasteiger charge is 2.43. The number of rotatable bonds is 5. The van der Waals surface area contributed by atoms with Crippen LogP contribution in [0, 0.1) is 5.92 Å². The predicted molar refractivity (Wildman–Crippen MR) is 133 cm³/mol. The Morgan fingerprint density at radius 1 is 1.12 bits per heavy atom. The topological polar surface area (TPSA) is 95.9 Å². The van der Waals surface area contributed by atoms with Gasteiger partial charge in [0.15, 0.2) is 0 Å². The molecule has 34 heavy (non-hydrogen) atoms. The molecule has 0 bridgehead atoms. The second-order valence-electron chi connectivity index (χ2n) is 8.57. The average Bonchev–Trinajstić information content (AvgIpc) is 3.26. The third-order valence-electron chi connectivity index (χ3n) is 6.29. The van der Waals surface area contributed by atoms with Gasteiger partial charge in [0.25, 0.3) is 0 Å². The standard InChI is InChI=1S/C26H28N6O2/c1-2-7-22(33)31-15-6-8-19(16-31)32-26-23(25(27)28-17-29-26)24(30-32)18-11-13-21(14-12-18)34-20-9-4-3-5-10-20/h2-5,7,9-14,17,19,23,25H,6,8,15-16,27H2,1H3/b7-2+. The van der Waals surface area contributed by atoms with E-state index in [1.54, 1.807) is 12.2 Å². The van der Waals surface area contributed by atoms with Crippen LogP contribution in [0.15, 0.2) is 81.8 Å². The van der Waals surface area contributed by atoms with E-state index in [0.717, 1.165) is 48.0 Å². The summed E-state index contributed by atoms with van der Waals surface area (Å²) in [6.45, 7) is 3.21. The zero-order valence-electron chi connectivity index (χ0n) is 19.1. The van der Waals surface area contributed by atoms with E-state index < -0.39 is 6.17 Å². The first-order valence-electron chi connectivity index (χ1n) is 11.6. The Labute approximate surface area is 199 Å². The van der Waals surface area contributed by atoms with Crippen molar-refractivity contribution in [2.45, 2.75) is 32.0 Å². The van der Waals surface area contributed by atoms with E-state index in [4.69, 9.17) is 15.6 Å². The second kappa shape index (κ2) is 9.61. The van der Waals surface area contributed by atoms with Gasteiger partial charge in [-0.25, -0.2) is 10.0 Å². The van der Waals surface area contributed by atoms with Crippen LogP contribution in [0.4, 0.5) is 0 Å². The molecule has 3 atom stereocenters. The molecule has 1 fully saturated rings. The summed E-state index contributed by atoms with van der Waals surface area (Å²) in [7, 11) is 0. The minimum Gasteiger partial charge on any atom is -0.457 e. The van der Waals surface area contributed by atoms with Gasteiger partial charge in [-0.1, -0.05) is 24.3 Å². The molecule has 2 aromatic rings. The second-order valence-corrected chi connectivity index (χ2v) is 8.57. The van der Waals surface area contributed by atoms with Crippen molar-refractivity contribution in [2.24, 2.45) is 26.7 Å². The molecule has 174 valence electrons. The van der Waals surface area contributed by atoms with E-state index in [0.29, 0.717) is 6.54 Å². The number of piperidine rings is 1. The van der Waals surface area contributed by atoms with Crippen molar-refractivity contribution in [3.63, 3.8) is 0 Å². The number of fused-ring (bicyclic) bond motifs is 1. The Bertz CT molecular complexity index is 1160. The van der Waals surface area contributed by atoms with Gasteiger partial charge in [-0.3, -0.25) is 9.79 Å². The summed E-state index contributed by atoms with van der Waals surface area (Å²) in [6.07, 6.45) is 6.30. The van der Waals surface area contributed by atoms with Crippen LogP contribution >= 0.6 is 0 Å². The molecule has 8 heteroatoms. The van der Waals surface area contributed by atoms with Crippen molar-refractivity contribution in [1.82, 2.24) is 9.91 Å². The monoisotopic (exact) mass is 456 g/mol. The molecule has 1 amide bonds. The number of benzene rings is 2. The number of para-hydroxylation sites is 1. The van der Waals surface area contributed by atoms with Crippen LogP contribution in [0.2, 0.25) is 0 Å². The van der Waals surface area contributed by atoms with Crippen molar-refractivity contribution in [3.8, 4) is 11.5 Å². The molecular formula is C26H28N6O2. The Hall–Kier alpha value is -3.78. The molecule has 0 aromatic heterocycles. The number of carbonyl (C=O) groups is 1. The quantitative estimate of drug-likeness (QED) is 0.698. The molecule has 2 N–H and O–H groups in total. The molecule has 0 aliphatic carbocycles. The predicted octanol–water partition coefficient (Wildman–Crippen LogP) is 3.41. The van der Waals surface area contributed by atoms with Crippen LogP contribution in [0.3, 0.4) is 0 Å². The number of amides is 1. The molecule has 3 aliphatic heterocycles. The van der Waals surface area contributed by atoms with Crippen LogP contribution in [0.25, 0.3) is 0 Å². The van der Waals surface area contributed by atoms with Crippen molar-refractivity contribution >= 4 is 23.8 Å². The molecule has 3 heterocycles. The van der Waals surface area contributed by atoms with Gasteiger partial charge < -0.3 is 15.4 Å². The summed E-state index contributed by atoms with van der Waals surface area (Å²) in [5.74, 6) is 2.13. The first-order chi connectivity index (χ1) is 16.6. The lowest BCUT2D eigenvalue weighted by molar-refractivity contribution is -0.127. The number of hydrogen-bond donors (Lipinski definition) is 1. The van der Waals surface area contributed by atoms with Gasteiger partial charge in [0.05, 0.1) is 17.7 Å². The van der Waals surface area contributed by atoms with E-state index in [2.05, 4.69) is 9.98 Å². The Balaban J connectivity index is 1.40. The fourth-order valence-corrected chi connectivity index (χ4v) is 4.63. The number of amidine groups is 1. The van der Waals surface area contributed by atoms with Gasteiger partial charge in [-0.15, -0.1) is 0 Å². The number of carbonyl (C=O) groups excluding carboxylic acids is 1. The van der Waals surface area contributed by atoms with Crippen LogP contribution in [0.1, 0.15) is 25.3 Å². The lowest BCUT2D eigenvalue weighted by Crippen LogP contribution is -2.51. The van der Waals surface area contributed by atoms with Gasteiger partial charge in [0.1, 0.15) is 29.8 Å². The summed E-state index contributed by atoms with van der Waals surface area (Å²) in [4.78, 5) is 23.2. The maximum atomic E-state index is 12.4. The first kappa shape index (κ1) is 22.0. The van der Waals surface area contributed by atoms with E-state index in [-0.39, 0.29) is 17.9 Å². The molecule has 0 spiro atoms. The Morgan fingerprint density at radius 2 is 1.88 bits per heavy atom. The van der Waals surface area contributed by atoms with E-state index in [9.17, 15) is 4.79 Å². The number of nitrogens with zero attached hydrogens (tertiary/aromatic N) is 5. The summed E-state index contributed by atoms with van der Waals surface area (Å²) in [5, 5.41) is 6.96. The van der Waals surface area contributed by atoms with E-state index in [1.165, 1.54) is 6.34 Å². The highest BCUT2D eigenvalue weighted by atomic mass is 16.5. The van der Waals surface area contributed by atoms with Gasteiger partial charge in [0, 0.05) is 13.1 Å². The smallest absolute Gasteiger partial charge is 0.246 e. The summed E-state index contributed by atoms with van der Waals surface area (Å²) < 4.78 is 5.93. The molecule has 0 radical (unpaired) electrons. The Kier molecular flexibility index (Phi) is 6.22. The molecule has 1 saturated heterocycles. The van der Waals surface area contributed by atoms with Gasteiger partial charge in [-0.05, 0) is 67.8 Å². The van der Waals surface area contributed by atoms with Crippen LogP contribution in [0.5, 0.6) is 11.5 Å². The fourth-order valence-electron chi connectivity index (χ4n) is 4.63. The highest BCUT2D eigenvalue weighted by molar-refractivity contribution is 6.19. The number of allylic oxidation sites excluding steroid dienone is 1. The normalized spacial score (nSPS) is 24.1. The summed E-state index contributed by atoms with van der Waals surface area (Å²) >= 11 is 0. The summed E-state index contributed by atoms with van der Waals surface area (Å²) in [6, 6.07) is 17.6. The van der Waals surface area contributed by atoms with E-state index >= 15 is 0 Å². The van der Waals surface area contributed by atoms with Gasteiger partial charge in [-0.2, -0.15) is 5.10 Å². The zero-order chi connectivity index (χ0) is 23.5. The third-order valence-corrected chi connectivity index (χ3v) is 6.29. The maximum absolute atomic E-state index is 12.4. The largest absolute Gasteiger partial charge is 0.457 e.